The third-order valence-electron chi connectivity index (χ3n) is 5.03. The molecule has 0 radical (unpaired) electrons. The van der Waals surface area contributed by atoms with Crippen LogP contribution in [0, 0.1) is 5.92 Å². The molecule has 0 aliphatic carbocycles. The summed E-state index contributed by atoms with van der Waals surface area (Å²) >= 11 is 0. The molecule has 4 nitrogen and oxygen atoms in total. The van der Waals surface area contributed by atoms with Crippen molar-refractivity contribution in [3.63, 3.8) is 0 Å². The van der Waals surface area contributed by atoms with E-state index in [2.05, 4.69) is 0 Å². The Morgan fingerprint density at radius 3 is 1.68 bits per heavy atom. The van der Waals surface area contributed by atoms with Crippen LogP contribution in [0.1, 0.15) is 33.6 Å². The smallest absolute Gasteiger partial charge is 0.389 e. The molecule has 0 aromatic heterocycles. The van der Waals surface area contributed by atoms with E-state index in [4.69, 9.17) is 0 Å². The average Bonchev–Trinajstić information content (AvgIpc) is 2.77. The Morgan fingerprint density at radius 1 is 0.839 bits per heavy atom. The van der Waals surface area contributed by atoms with Crippen molar-refractivity contribution in [2.75, 3.05) is 13.2 Å². The Kier molecular flexibility index (Phi) is 7.07. The summed E-state index contributed by atoms with van der Waals surface area (Å²) in [7, 11) is 0. The molecule has 3 rings (SSSR count). The van der Waals surface area contributed by atoms with Crippen LogP contribution in [0.4, 0.5) is 13.2 Å². The third kappa shape index (κ3) is 5.70. The van der Waals surface area contributed by atoms with Crippen LogP contribution in [0.2, 0.25) is 0 Å². The van der Waals surface area contributed by atoms with Gasteiger partial charge in [0, 0.05) is 53.6 Å². The number of hydrogen-bond acceptors (Lipinski definition) is 4. The number of Topliss-reactive ketones (excluding diaryl/α,β-unsaturated/α-hetero) is 2. The fraction of sp³-hybridized carbons (Fsp3) is 0.250. The molecule has 0 fully saturated rings. The number of hydrogen-bond donors (Lipinski definition) is 1. The summed E-state index contributed by atoms with van der Waals surface area (Å²) in [6, 6.07) is 16.4. The minimum absolute atomic E-state index is 0.100. The number of rotatable bonds is 8. The van der Waals surface area contributed by atoms with Gasteiger partial charge in [0.25, 0.3) is 0 Å². The third-order valence-corrected chi connectivity index (χ3v) is 5.03. The van der Waals surface area contributed by atoms with Crippen LogP contribution in [-0.4, -0.2) is 40.9 Å². The van der Waals surface area contributed by atoms with Gasteiger partial charge in [-0.25, -0.2) is 0 Å². The highest BCUT2D eigenvalue weighted by atomic mass is 19.4. The monoisotopic (exact) mass is 429 g/mol. The molecule has 1 heterocycles. The zero-order valence-electron chi connectivity index (χ0n) is 16.7. The number of β-amino-alcohol motifs (C(OH)–C–C–N with tert-alkyl or cyclic N) is 1. The molecule has 1 aliphatic rings. The van der Waals surface area contributed by atoms with Gasteiger partial charge >= 0.3 is 6.18 Å². The number of nitrogens with zero attached hydrogens (tertiary/aromatic N) is 1. The molecule has 0 unspecified atom stereocenters. The molecule has 0 saturated heterocycles. The van der Waals surface area contributed by atoms with Crippen LogP contribution >= 0.6 is 0 Å². The quantitative estimate of drug-likeness (QED) is 0.614. The van der Waals surface area contributed by atoms with Crippen molar-refractivity contribution in [3.8, 4) is 0 Å². The lowest BCUT2D eigenvalue weighted by Gasteiger charge is -2.31. The molecular weight excluding hydrogens is 407 g/mol. The minimum Gasteiger partial charge on any atom is -0.395 e. The van der Waals surface area contributed by atoms with E-state index < -0.39 is 36.5 Å². The number of carbonyl (C=O) groups excluding carboxylic acids is 2. The van der Waals surface area contributed by atoms with E-state index in [1.807, 2.05) is 0 Å². The van der Waals surface area contributed by atoms with Gasteiger partial charge in [-0.3, -0.25) is 9.59 Å². The van der Waals surface area contributed by atoms with E-state index in [0.717, 1.165) is 0 Å². The average molecular weight is 429 g/mol. The maximum Gasteiger partial charge on any atom is 0.389 e. The zero-order chi connectivity index (χ0) is 22.4. The highest BCUT2D eigenvalue weighted by molar-refractivity contribution is 6.14. The summed E-state index contributed by atoms with van der Waals surface area (Å²) in [6.45, 7) is -0.150. The van der Waals surface area contributed by atoms with Crippen LogP contribution in [0.5, 0.6) is 0 Å². The SMILES string of the molecule is O=C(C1=CN(CCO)C=C(C(=O)c2ccccc2)C1CCC(F)(F)F)c1ccccc1. The molecule has 1 N–H and O–H groups in total. The molecular formula is C24H22F3NO3. The van der Waals surface area contributed by atoms with Crippen molar-refractivity contribution in [1.29, 1.82) is 0 Å². The fourth-order valence-corrected chi connectivity index (χ4v) is 3.55. The van der Waals surface area contributed by atoms with Gasteiger partial charge in [-0.15, -0.1) is 0 Å². The predicted molar refractivity (Wildman–Crippen MR) is 110 cm³/mol. The summed E-state index contributed by atoms with van der Waals surface area (Å²) in [6.07, 6.45) is -3.10. The second kappa shape index (κ2) is 9.75. The number of aliphatic hydroxyl groups is 1. The minimum atomic E-state index is -4.43. The highest BCUT2D eigenvalue weighted by Crippen LogP contribution is 2.37. The molecule has 31 heavy (non-hydrogen) atoms. The van der Waals surface area contributed by atoms with Crippen LogP contribution in [0.25, 0.3) is 0 Å². The number of carbonyl (C=O) groups is 2. The molecule has 0 atom stereocenters. The lowest BCUT2D eigenvalue weighted by atomic mass is 9.79. The van der Waals surface area contributed by atoms with Gasteiger partial charge in [-0.05, 0) is 6.42 Å². The molecule has 0 bridgehead atoms. The van der Waals surface area contributed by atoms with E-state index in [-0.39, 0.29) is 24.3 Å². The van der Waals surface area contributed by atoms with Gasteiger partial charge in [-0.1, -0.05) is 60.7 Å². The lowest BCUT2D eigenvalue weighted by Crippen LogP contribution is -2.31. The Hall–Kier alpha value is -3.19. The lowest BCUT2D eigenvalue weighted by molar-refractivity contribution is -0.136. The maximum absolute atomic E-state index is 13.2. The van der Waals surface area contributed by atoms with E-state index in [1.54, 1.807) is 60.7 Å². The number of allylic oxidation sites excluding steroid dienone is 2. The Labute approximate surface area is 178 Å². The second-order valence-corrected chi connectivity index (χ2v) is 7.23. The van der Waals surface area contributed by atoms with Gasteiger partial charge in [0.05, 0.1) is 6.61 Å². The molecule has 162 valence electrons. The van der Waals surface area contributed by atoms with Crippen molar-refractivity contribution < 1.29 is 27.9 Å². The molecule has 2 aromatic rings. The summed E-state index contributed by atoms with van der Waals surface area (Å²) in [5, 5.41) is 9.36. The Morgan fingerprint density at radius 2 is 1.29 bits per heavy atom. The Bertz CT molecular complexity index is 913. The Balaban J connectivity index is 2.05. The summed E-state index contributed by atoms with van der Waals surface area (Å²) in [5.41, 5.74) is 0.850. The van der Waals surface area contributed by atoms with E-state index in [9.17, 15) is 27.9 Å². The first-order valence-corrected chi connectivity index (χ1v) is 9.86. The summed E-state index contributed by atoms with van der Waals surface area (Å²) in [4.78, 5) is 27.9. The highest BCUT2D eigenvalue weighted by Gasteiger charge is 2.37. The summed E-state index contributed by atoms with van der Waals surface area (Å²) in [5.74, 6) is -1.90. The number of aliphatic hydroxyl groups excluding tert-OH is 1. The predicted octanol–water partition coefficient (Wildman–Crippen LogP) is 4.79. The van der Waals surface area contributed by atoms with Crippen LogP contribution in [-0.2, 0) is 0 Å². The molecule has 0 saturated carbocycles. The van der Waals surface area contributed by atoms with Crippen LogP contribution < -0.4 is 0 Å². The molecule has 7 heteroatoms. The van der Waals surface area contributed by atoms with Crippen molar-refractivity contribution >= 4 is 11.6 Å². The largest absolute Gasteiger partial charge is 0.395 e. The van der Waals surface area contributed by atoms with Crippen LogP contribution in [0.3, 0.4) is 0 Å². The van der Waals surface area contributed by atoms with E-state index in [0.29, 0.717) is 11.1 Å². The first kappa shape index (κ1) is 22.5. The summed E-state index contributed by atoms with van der Waals surface area (Å²) < 4.78 is 39.2. The van der Waals surface area contributed by atoms with Gasteiger partial charge in [-0.2, -0.15) is 13.2 Å². The van der Waals surface area contributed by atoms with Gasteiger partial charge in [0.1, 0.15) is 0 Å². The van der Waals surface area contributed by atoms with Gasteiger partial charge in [0.15, 0.2) is 11.6 Å². The zero-order valence-corrected chi connectivity index (χ0v) is 16.7. The standard InChI is InChI=1S/C24H22F3NO3/c25-24(26,27)12-11-19-20(22(30)17-7-3-1-4-8-17)15-28(13-14-29)16-21(19)23(31)18-9-5-2-6-10-18/h1-10,15-16,19,29H,11-14H2. The number of ketones is 2. The van der Waals surface area contributed by atoms with E-state index in [1.165, 1.54) is 17.3 Å². The van der Waals surface area contributed by atoms with Gasteiger partial charge < -0.3 is 10.0 Å². The van der Waals surface area contributed by atoms with E-state index >= 15 is 0 Å². The van der Waals surface area contributed by atoms with Crippen molar-refractivity contribution in [2.45, 2.75) is 19.0 Å². The molecule has 0 amide bonds. The molecule has 0 spiro atoms. The topological polar surface area (TPSA) is 57.6 Å². The van der Waals surface area contributed by atoms with Crippen LogP contribution in [0.15, 0.2) is 84.2 Å². The number of benzene rings is 2. The number of halogens is 3. The van der Waals surface area contributed by atoms with Crippen molar-refractivity contribution in [3.05, 3.63) is 95.3 Å². The second-order valence-electron chi connectivity index (χ2n) is 7.23. The normalized spacial score (nSPS) is 14.8. The van der Waals surface area contributed by atoms with Crippen molar-refractivity contribution in [2.24, 2.45) is 5.92 Å². The fourth-order valence-electron chi connectivity index (χ4n) is 3.55. The molecule has 1 aliphatic heterocycles. The number of alkyl halides is 3. The van der Waals surface area contributed by atoms with Crippen molar-refractivity contribution in [1.82, 2.24) is 4.90 Å². The first-order chi connectivity index (χ1) is 14.8. The van der Waals surface area contributed by atoms with Gasteiger partial charge in [0.2, 0.25) is 0 Å². The first-order valence-electron chi connectivity index (χ1n) is 9.86. The molecule has 2 aromatic carbocycles. The maximum atomic E-state index is 13.2.